The molecule has 0 radical (unpaired) electrons. The fraction of sp³-hybridized carbons (Fsp3) is 0.600. The molecule has 0 N–H and O–H groups in total. The normalized spacial score (nSPS) is 13.2. The Kier molecular flexibility index (Phi) is 5.56. The minimum atomic E-state index is -3.70. The highest BCUT2D eigenvalue weighted by Gasteiger charge is 2.51. The van der Waals surface area contributed by atoms with Gasteiger partial charge in [0.05, 0.1) is 0 Å². The lowest BCUT2D eigenvalue weighted by molar-refractivity contribution is 0.246. The van der Waals surface area contributed by atoms with Crippen LogP contribution in [0.4, 0.5) is 0 Å². The fourth-order valence-electron chi connectivity index (χ4n) is 1.79. The molecule has 19 heavy (non-hydrogen) atoms. The first-order valence-corrected chi connectivity index (χ1v) is 8.64. The van der Waals surface area contributed by atoms with Crippen LogP contribution in [0.3, 0.4) is 0 Å². The average Bonchev–Trinajstić information content (AvgIpc) is 2.84. The first-order chi connectivity index (χ1) is 8.88. The predicted octanol–water partition coefficient (Wildman–Crippen LogP) is 3.00. The summed E-state index contributed by atoms with van der Waals surface area (Å²) in [7, 11) is -0.733. The smallest absolute Gasteiger partial charge is 0.351 e. The molecule has 0 aliphatic heterocycles. The van der Waals surface area contributed by atoms with Gasteiger partial charge in [-0.3, -0.25) is 9.13 Å². The largest absolute Gasteiger partial charge is 0.353 e. The number of hydrogen-bond acceptors (Lipinski definition) is 6. The molecule has 0 spiro atoms. The highest BCUT2D eigenvalue weighted by Crippen LogP contribution is 2.77. The van der Waals surface area contributed by atoms with Gasteiger partial charge in [-0.15, -0.1) is 0 Å². The lowest BCUT2D eigenvalue weighted by Gasteiger charge is -2.29. The van der Waals surface area contributed by atoms with E-state index in [2.05, 4.69) is 0 Å². The van der Waals surface area contributed by atoms with Crippen molar-refractivity contribution in [3.05, 3.63) is 24.0 Å². The molecule has 0 amide bonds. The van der Waals surface area contributed by atoms with Gasteiger partial charge in [0.2, 0.25) is 5.40 Å². The Labute approximate surface area is 112 Å². The van der Waals surface area contributed by atoms with E-state index in [4.69, 9.17) is 18.1 Å². The molecule has 1 rings (SSSR count). The van der Waals surface area contributed by atoms with Crippen molar-refractivity contribution in [1.29, 1.82) is 0 Å². The lowest BCUT2D eigenvalue weighted by atomic mass is 10.5. The zero-order valence-electron chi connectivity index (χ0n) is 11.6. The van der Waals surface area contributed by atoms with Crippen molar-refractivity contribution in [2.75, 3.05) is 28.4 Å². The maximum Gasteiger partial charge on any atom is 0.351 e. The number of rotatable bonds is 7. The minimum absolute atomic E-state index is 0.485. The number of nitrogens with zero attached hydrogens (tertiary/aromatic N) is 1. The van der Waals surface area contributed by atoms with E-state index in [1.54, 1.807) is 29.9 Å². The molecule has 0 saturated heterocycles. The van der Waals surface area contributed by atoms with Crippen LogP contribution in [-0.2, 0) is 34.3 Å². The van der Waals surface area contributed by atoms with Crippen LogP contribution in [0.1, 0.15) is 11.1 Å². The van der Waals surface area contributed by atoms with Crippen LogP contribution < -0.4 is 0 Å². The van der Waals surface area contributed by atoms with Crippen molar-refractivity contribution in [2.45, 2.75) is 5.40 Å². The third kappa shape index (κ3) is 3.02. The third-order valence-electron chi connectivity index (χ3n) is 2.87. The van der Waals surface area contributed by atoms with E-state index in [1.165, 1.54) is 28.4 Å². The van der Waals surface area contributed by atoms with E-state index in [9.17, 15) is 9.13 Å². The summed E-state index contributed by atoms with van der Waals surface area (Å²) in [6, 6.07) is 3.40. The van der Waals surface area contributed by atoms with Crippen LogP contribution in [-0.4, -0.2) is 33.0 Å². The summed E-state index contributed by atoms with van der Waals surface area (Å²) in [5.41, 5.74) is 0.485. The van der Waals surface area contributed by atoms with E-state index in [1.807, 2.05) is 0 Å². The molecule has 7 nitrogen and oxygen atoms in total. The molecule has 110 valence electrons. The van der Waals surface area contributed by atoms with E-state index >= 15 is 0 Å². The summed E-state index contributed by atoms with van der Waals surface area (Å²) in [5.74, 6) is 0. The van der Waals surface area contributed by atoms with E-state index in [0.29, 0.717) is 5.69 Å². The molecule has 1 aromatic heterocycles. The van der Waals surface area contributed by atoms with Crippen molar-refractivity contribution < 1.29 is 27.2 Å². The predicted molar refractivity (Wildman–Crippen MR) is 71.4 cm³/mol. The summed E-state index contributed by atoms with van der Waals surface area (Å²) < 4.78 is 46.9. The zero-order chi connectivity index (χ0) is 14.7. The van der Waals surface area contributed by atoms with E-state index < -0.39 is 20.6 Å². The molecule has 0 aliphatic carbocycles. The summed E-state index contributed by atoms with van der Waals surface area (Å²) in [6.45, 7) is 0. The van der Waals surface area contributed by atoms with Crippen LogP contribution in [0.2, 0.25) is 0 Å². The van der Waals surface area contributed by atoms with Gasteiger partial charge >= 0.3 is 15.2 Å². The van der Waals surface area contributed by atoms with Gasteiger partial charge in [0, 0.05) is 47.4 Å². The summed E-state index contributed by atoms with van der Waals surface area (Å²) in [6.07, 6.45) is 1.73. The van der Waals surface area contributed by atoms with Gasteiger partial charge in [-0.2, -0.15) is 0 Å². The average molecular weight is 311 g/mol. The fourth-order valence-corrected chi connectivity index (χ4v) is 6.59. The first kappa shape index (κ1) is 16.6. The topological polar surface area (TPSA) is 76.0 Å². The molecule has 0 unspecified atom stereocenters. The second kappa shape index (κ2) is 6.35. The Morgan fingerprint density at radius 1 is 1.00 bits per heavy atom. The summed E-state index contributed by atoms with van der Waals surface area (Å²) in [5, 5.41) is -1.15. The molecule has 0 atom stereocenters. The Morgan fingerprint density at radius 2 is 1.42 bits per heavy atom. The van der Waals surface area contributed by atoms with Gasteiger partial charge in [-0.25, -0.2) is 0 Å². The SMILES string of the molecule is COP(=O)(OC)C(c1cccn1C)P(=O)(OC)OC. The van der Waals surface area contributed by atoms with Crippen molar-refractivity contribution >= 4 is 15.2 Å². The van der Waals surface area contributed by atoms with Crippen LogP contribution in [0.15, 0.2) is 18.3 Å². The number of aryl methyl sites for hydroxylation is 1. The Bertz CT molecular complexity index is 472. The molecule has 0 aromatic carbocycles. The van der Waals surface area contributed by atoms with Crippen LogP contribution in [0.25, 0.3) is 0 Å². The summed E-state index contributed by atoms with van der Waals surface area (Å²) >= 11 is 0. The van der Waals surface area contributed by atoms with Gasteiger partial charge in [-0.1, -0.05) is 0 Å². The number of aromatic nitrogens is 1. The van der Waals surface area contributed by atoms with Gasteiger partial charge < -0.3 is 22.7 Å². The Hall–Kier alpha value is -0.420. The van der Waals surface area contributed by atoms with Gasteiger partial charge in [0.1, 0.15) is 0 Å². The van der Waals surface area contributed by atoms with Crippen LogP contribution in [0.5, 0.6) is 0 Å². The highest BCUT2D eigenvalue weighted by molar-refractivity contribution is 7.72. The molecule has 1 heterocycles. The van der Waals surface area contributed by atoms with E-state index in [-0.39, 0.29) is 0 Å². The molecule has 9 heteroatoms. The van der Waals surface area contributed by atoms with Crippen LogP contribution in [0, 0.1) is 0 Å². The molecular weight excluding hydrogens is 292 g/mol. The van der Waals surface area contributed by atoms with Gasteiger partial charge in [-0.05, 0) is 12.1 Å². The lowest BCUT2D eigenvalue weighted by Crippen LogP contribution is -2.10. The Balaban J connectivity index is 3.48. The van der Waals surface area contributed by atoms with Gasteiger partial charge in [0.25, 0.3) is 0 Å². The molecule has 0 aliphatic rings. The number of hydrogen-bond donors (Lipinski definition) is 0. The third-order valence-corrected chi connectivity index (χ3v) is 8.33. The second-order valence-electron chi connectivity index (χ2n) is 3.73. The van der Waals surface area contributed by atoms with Crippen molar-refractivity contribution in [2.24, 2.45) is 7.05 Å². The first-order valence-electron chi connectivity index (χ1n) is 5.42. The van der Waals surface area contributed by atoms with Crippen LogP contribution >= 0.6 is 15.2 Å². The summed E-state index contributed by atoms with van der Waals surface area (Å²) in [4.78, 5) is 0. The highest BCUT2D eigenvalue weighted by atomic mass is 31.2. The van der Waals surface area contributed by atoms with E-state index in [0.717, 1.165) is 0 Å². The Morgan fingerprint density at radius 3 is 1.68 bits per heavy atom. The van der Waals surface area contributed by atoms with Crippen molar-refractivity contribution in [3.8, 4) is 0 Å². The second-order valence-corrected chi connectivity index (χ2v) is 8.79. The van der Waals surface area contributed by atoms with Crippen molar-refractivity contribution in [3.63, 3.8) is 0 Å². The maximum absolute atomic E-state index is 12.7. The van der Waals surface area contributed by atoms with Gasteiger partial charge in [0.15, 0.2) is 0 Å². The molecule has 0 fully saturated rings. The minimum Gasteiger partial charge on any atom is -0.353 e. The molecule has 1 aromatic rings. The standard InChI is InChI=1S/C10H19NO6P2/c1-11-8-6-7-9(11)10(18(12,14-2)15-3)19(13,16-4)17-5/h6-8,10H,1-5H3. The molecule has 0 bridgehead atoms. The zero-order valence-corrected chi connectivity index (χ0v) is 13.4. The molecule has 0 saturated carbocycles. The monoisotopic (exact) mass is 311 g/mol. The molecular formula is C10H19NO6P2. The maximum atomic E-state index is 12.7. The van der Waals surface area contributed by atoms with Crippen molar-refractivity contribution in [1.82, 2.24) is 4.57 Å². The quantitative estimate of drug-likeness (QED) is 0.721.